The van der Waals surface area contributed by atoms with Crippen molar-refractivity contribution < 1.29 is 18.7 Å². The second-order valence-electron chi connectivity index (χ2n) is 11.4. The SMILES string of the molecule is COc1nc(-c2cccc(-c3cccc(NC(=O)c4nc5c(n4C)CCN(C)C5)c3Cl)c2Cl)ccc1CN[C@@H]1CCOC[C@@H]1F. The summed E-state index contributed by atoms with van der Waals surface area (Å²) >= 11 is 13.9. The van der Waals surface area contributed by atoms with Gasteiger partial charge in [-0.25, -0.2) is 14.4 Å². The summed E-state index contributed by atoms with van der Waals surface area (Å²) in [7, 11) is 5.46. The number of hydrogen-bond donors (Lipinski definition) is 2. The number of pyridine rings is 1. The van der Waals surface area contributed by atoms with Crippen LogP contribution in [0.15, 0.2) is 48.5 Å². The zero-order valence-electron chi connectivity index (χ0n) is 25.4. The molecule has 0 radical (unpaired) electrons. The van der Waals surface area contributed by atoms with Gasteiger partial charge in [-0.15, -0.1) is 0 Å². The number of aromatic nitrogens is 3. The van der Waals surface area contributed by atoms with Gasteiger partial charge in [0.05, 0.1) is 40.8 Å². The minimum absolute atomic E-state index is 0.101. The van der Waals surface area contributed by atoms with Crippen molar-refractivity contribution >= 4 is 34.8 Å². The molecule has 0 bridgehead atoms. The van der Waals surface area contributed by atoms with Gasteiger partial charge in [0, 0.05) is 73.7 Å². The average Bonchev–Trinajstić information content (AvgIpc) is 3.37. The maximum Gasteiger partial charge on any atom is 0.291 e. The molecule has 0 saturated carbocycles. The number of carbonyl (C=O) groups is 1. The van der Waals surface area contributed by atoms with Crippen molar-refractivity contribution in [3.8, 4) is 28.3 Å². The monoisotopic (exact) mass is 652 g/mol. The van der Waals surface area contributed by atoms with E-state index in [0.29, 0.717) is 75.9 Å². The molecular formula is C33H35Cl2FN6O3. The molecule has 0 unspecified atom stereocenters. The van der Waals surface area contributed by atoms with Gasteiger partial charge in [0.1, 0.15) is 6.17 Å². The third-order valence-electron chi connectivity index (χ3n) is 8.44. The third-order valence-corrected chi connectivity index (χ3v) is 9.25. The van der Waals surface area contributed by atoms with Crippen molar-refractivity contribution in [3.63, 3.8) is 0 Å². The fourth-order valence-electron chi connectivity index (χ4n) is 5.92. The van der Waals surface area contributed by atoms with Gasteiger partial charge in [0.2, 0.25) is 5.88 Å². The Morgan fingerprint density at radius 1 is 1.07 bits per heavy atom. The van der Waals surface area contributed by atoms with E-state index < -0.39 is 6.17 Å². The first kappa shape index (κ1) is 31.4. The van der Waals surface area contributed by atoms with E-state index in [1.54, 1.807) is 13.2 Å². The van der Waals surface area contributed by atoms with Crippen molar-refractivity contribution in [3.05, 3.63) is 81.4 Å². The molecule has 2 aromatic heterocycles. The van der Waals surface area contributed by atoms with Gasteiger partial charge >= 0.3 is 0 Å². The fraction of sp³-hybridized carbons (Fsp3) is 0.364. The van der Waals surface area contributed by atoms with E-state index in [1.165, 1.54) is 0 Å². The maximum atomic E-state index is 14.2. The number of imidazole rings is 1. The number of rotatable bonds is 8. The molecule has 2 atom stereocenters. The number of likely N-dealkylation sites (N-methyl/N-ethyl adjacent to an activating group) is 1. The first-order chi connectivity index (χ1) is 21.7. The molecule has 4 heterocycles. The number of anilines is 1. The van der Waals surface area contributed by atoms with E-state index in [4.69, 9.17) is 37.7 Å². The molecule has 1 saturated heterocycles. The quantitative estimate of drug-likeness (QED) is 0.244. The highest BCUT2D eigenvalue weighted by Gasteiger charge is 2.26. The number of ether oxygens (including phenoxy) is 2. The number of amides is 1. The summed E-state index contributed by atoms with van der Waals surface area (Å²) in [6, 6.07) is 14.5. The number of methoxy groups -OCH3 is 1. The summed E-state index contributed by atoms with van der Waals surface area (Å²) in [5.41, 5.74) is 5.90. The highest BCUT2D eigenvalue weighted by Crippen LogP contribution is 2.41. The van der Waals surface area contributed by atoms with Crippen molar-refractivity contribution in [2.75, 3.05) is 39.2 Å². The van der Waals surface area contributed by atoms with Gasteiger partial charge in [-0.1, -0.05) is 59.6 Å². The summed E-state index contributed by atoms with van der Waals surface area (Å²) in [4.78, 5) is 24.9. The second-order valence-corrected chi connectivity index (χ2v) is 12.2. The summed E-state index contributed by atoms with van der Waals surface area (Å²) < 4.78 is 26.9. The highest BCUT2D eigenvalue weighted by molar-refractivity contribution is 6.39. The topological polar surface area (TPSA) is 93.5 Å². The van der Waals surface area contributed by atoms with Gasteiger partial charge < -0.3 is 29.6 Å². The molecule has 12 heteroatoms. The predicted molar refractivity (Wildman–Crippen MR) is 174 cm³/mol. The summed E-state index contributed by atoms with van der Waals surface area (Å²) in [6.45, 7) is 2.66. The maximum absolute atomic E-state index is 14.2. The van der Waals surface area contributed by atoms with Crippen molar-refractivity contribution in [1.82, 2.24) is 24.8 Å². The van der Waals surface area contributed by atoms with Crippen LogP contribution in [0.5, 0.6) is 5.88 Å². The lowest BCUT2D eigenvalue weighted by molar-refractivity contribution is 0.0135. The number of halogens is 3. The molecule has 2 aliphatic rings. The Morgan fingerprint density at radius 3 is 2.60 bits per heavy atom. The zero-order valence-corrected chi connectivity index (χ0v) is 26.9. The first-order valence-electron chi connectivity index (χ1n) is 14.9. The molecule has 45 heavy (non-hydrogen) atoms. The zero-order chi connectivity index (χ0) is 31.7. The van der Waals surface area contributed by atoms with E-state index in [0.717, 1.165) is 29.9 Å². The number of fused-ring (bicyclic) bond motifs is 1. The lowest BCUT2D eigenvalue weighted by Crippen LogP contribution is -2.43. The average molecular weight is 654 g/mol. The second kappa shape index (κ2) is 13.4. The molecule has 0 aliphatic carbocycles. The number of alkyl halides is 1. The largest absolute Gasteiger partial charge is 0.481 e. The Bertz CT molecular complexity index is 1730. The summed E-state index contributed by atoms with van der Waals surface area (Å²) in [5.74, 6) is 0.431. The van der Waals surface area contributed by atoms with Gasteiger partial charge in [-0.05, 0) is 25.6 Å². The predicted octanol–water partition coefficient (Wildman–Crippen LogP) is 5.92. The van der Waals surface area contributed by atoms with Gasteiger partial charge in [-0.3, -0.25) is 4.79 Å². The lowest BCUT2D eigenvalue weighted by Gasteiger charge is -2.27. The minimum Gasteiger partial charge on any atom is -0.481 e. The Hall–Kier alpha value is -3.54. The number of nitrogens with one attached hydrogen (secondary N) is 2. The normalized spacial score (nSPS) is 18.4. The summed E-state index contributed by atoms with van der Waals surface area (Å²) in [5, 5.41) is 7.02. The van der Waals surface area contributed by atoms with Crippen LogP contribution in [0.2, 0.25) is 10.0 Å². The molecule has 236 valence electrons. The molecule has 1 amide bonds. The van der Waals surface area contributed by atoms with Crippen LogP contribution in [0.1, 0.15) is 34.0 Å². The number of carbonyl (C=O) groups excluding carboxylic acids is 1. The van der Waals surface area contributed by atoms with Crippen LogP contribution in [0.25, 0.3) is 22.4 Å². The van der Waals surface area contributed by atoms with E-state index >= 15 is 0 Å². The van der Waals surface area contributed by atoms with E-state index in [2.05, 4.69) is 20.5 Å². The molecule has 9 nitrogen and oxygen atoms in total. The van der Waals surface area contributed by atoms with Crippen LogP contribution >= 0.6 is 23.2 Å². The van der Waals surface area contributed by atoms with Gasteiger partial charge in [-0.2, -0.15) is 0 Å². The van der Waals surface area contributed by atoms with Crippen LogP contribution in [-0.2, 0) is 31.3 Å². The van der Waals surface area contributed by atoms with E-state index in [9.17, 15) is 9.18 Å². The third kappa shape index (κ3) is 6.43. The molecule has 2 aromatic carbocycles. The van der Waals surface area contributed by atoms with Crippen LogP contribution < -0.4 is 15.4 Å². The molecule has 6 rings (SSSR count). The first-order valence-corrected chi connectivity index (χ1v) is 15.6. The fourth-order valence-corrected chi connectivity index (χ4v) is 6.52. The Labute approximate surface area is 271 Å². The van der Waals surface area contributed by atoms with Crippen molar-refractivity contribution in [1.29, 1.82) is 0 Å². The van der Waals surface area contributed by atoms with Crippen molar-refractivity contribution in [2.24, 2.45) is 7.05 Å². The Morgan fingerprint density at radius 2 is 1.82 bits per heavy atom. The smallest absolute Gasteiger partial charge is 0.291 e. The number of nitrogens with zero attached hydrogens (tertiary/aromatic N) is 4. The van der Waals surface area contributed by atoms with E-state index in [-0.39, 0.29) is 18.6 Å². The van der Waals surface area contributed by atoms with Crippen molar-refractivity contribution in [2.45, 2.75) is 38.1 Å². The standard InChI is InChI=1S/C33H35Cl2FN6O3/c1-41-14-12-28-27(17-41)38-31(42(28)2)32(43)39-26-9-5-7-21(30(26)35)20-6-4-8-22(29(20)34)24-11-10-19(33(40-24)44-3)16-37-25-13-15-45-18-23(25)36/h4-11,23,25,37H,12-18H2,1-3H3,(H,39,43)/t23-,25+/m0/s1. The van der Waals surface area contributed by atoms with Crippen LogP contribution in [0.4, 0.5) is 10.1 Å². The molecule has 2 N–H and O–H groups in total. The number of benzene rings is 2. The van der Waals surface area contributed by atoms with Gasteiger partial charge in [0.25, 0.3) is 5.91 Å². The summed E-state index contributed by atoms with van der Waals surface area (Å²) in [6.07, 6.45) is 0.386. The molecule has 1 fully saturated rings. The minimum atomic E-state index is -1.06. The van der Waals surface area contributed by atoms with Crippen LogP contribution in [-0.4, -0.2) is 71.5 Å². The molecular weight excluding hydrogens is 618 g/mol. The molecule has 4 aromatic rings. The Balaban J connectivity index is 1.24. The van der Waals surface area contributed by atoms with Crippen LogP contribution in [0.3, 0.4) is 0 Å². The van der Waals surface area contributed by atoms with Crippen LogP contribution in [0, 0.1) is 0 Å². The molecule has 0 spiro atoms. The van der Waals surface area contributed by atoms with Gasteiger partial charge in [0.15, 0.2) is 5.82 Å². The van der Waals surface area contributed by atoms with E-state index in [1.807, 2.05) is 61.1 Å². The lowest BCUT2D eigenvalue weighted by atomic mass is 10.00. The highest BCUT2D eigenvalue weighted by atomic mass is 35.5. The Kier molecular flexibility index (Phi) is 9.39. The number of hydrogen-bond acceptors (Lipinski definition) is 7. The molecule has 2 aliphatic heterocycles.